The van der Waals surface area contributed by atoms with Gasteiger partial charge in [-0.1, -0.05) is 6.92 Å². The molecule has 0 atom stereocenters. The fourth-order valence-corrected chi connectivity index (χ4v) is 3.43. The van der Waals surface area contributed by atoms with Gasteiger partial charge in [0, 0.05) is 52.4 Å². The van der Waals surface area contributed by atoms with Crippen LogP contribution in [0.5, 0.6) is 0 Å². The molecule has 0 aromatic carbocycles. The van der Waals surface area contributed by atoms with Gasteiger partial charge in [0.1, 0.15) is 0 Å². The van der Waals surface area contributed by atoms with Gasteiger partial charge in [0.05, 0.1) is 19.5 Å². The molecule has 0 radical (unpaired) electrons. The SMILES string of the molecule is CCNC(=NCCCN(CC)S(C)(=O)=O)NCCN1CCOCC1.I. The molecule has 1 fully saturated rings. The van der Waals surface area contributed by atoms with E-state index in [0.717, 1.165) is 51.9 Å². The summed E-state index contributed by atoms with van der Waals surface area (Å²) in [6.07, 6.45) is 1.96. The highest BCUT2D eigenvalue weighted by Gasteiger charge is 2.13. The Bertz CT molecular complexity index is 470. The molecule has 1 aliphatic heterocycles. The highest BCUT2D eigenvalue weighted by atomic mass is 127. The second kappa shape index (κ2) is 14.0. The number of nitrogens with one attached hydrogen (secondary N) is 2. The van der Waals surface area contributed by atoms with Crippen molar-refractivity contribution in [1.29, 1.82) is 0 Å². The number of hydrogen-bond donors (Lipinski definition) is 2. The second-order valence-electron chi connectivity index (χ2n) is 5.75. The molecular weight excluding hydrogens is 457 g/mol. The van der Waals surface area contributed by atoms with Crippen molar-refractivity contribution in [3.8, 4) is 0 Å². The second-order valence-corrected chi connectivity index (χ2v) is 7.73. The van der Waals surface area contributed by atoms with E-state index in [9.17, 15) is 8.42 Å². The van der Waals surface area contributed by atoms with Gasteiger partial charge < -0.3 is 15.4 Å². The lowest BCUT2D eigenvalue weighted by Gasteiger charge is -2.26. The van der Waals surface area contributed by atoms with Crippen LogP contribution in [0.2, 0.25) is 0 Å². The summed E-state index contributed by atoms with van der Waals surface area (Å²) >= 11 is 0. The largest absolute Gasteiger partial charge is 0.379 e. The maximum absolute atomic E-state index is 11.5. The quantitative estimate of drug-likeness (QED) is 0.196. The highest BCUT2D eigenvalue weighted by Crippen LogP contribution is 1.99. The Kier molecular flexibility index (Phi) is 13.9. The monoisotopic (exact) mass is 491 g/mol. The van der Waals surface area contributed by atoms with Gasteiger partial charge >= 0.3 is 0 Å². The number of rotatable bonds is 10. The van der Waals surface area contributed by atoms with E-state index in [4.69, 9.17) is 4.74 Å². The van der Waals surface area contributed by atoms with Crippen molar-refractivity contribution in [1.82, 2.24) is 19.8 Å². The van der Waals surface area contributed by atoms with Crippen LogP contribution in [0.25, 0.3) is 0 Å². The topological polar surface area (TPSA) is 86.3 Å². The first-order chi connectivity index (χ1) is 11.5. The average Bonchev–Trinajstić information content (AvgIpc) is 2.54. The Balaban J connectivity index is 0.00000576. The number of ether oxygens (including phenoxy) is 1. The molecule has 0 aromatic heterocycles. The van der Waals surface area contributed by atoms with Gasteiger partial charge in [0.25, 0.3) is 0 Å². The molecule has 1 saturated heterocycles. The van der Waals surface area contributed by atoms with E-state index in [1.165, 1.54) is 10.6 Å². The van der Waals surface area contributed by atoms with Crippen molar-refractivity contribution in [3.05, 3.63) is 0 Å². The third-order valence-corrected chi connectivity index (χ3v) is 5.20. The Morgan fingerprint density at radius 3 is 2.48 bits per heavy atom. The number of sulfonamides is 1. The minimum Gasteiger partial charge on any atom is -0.379 e. The van der Waals surface area contributed by atoms with Crippen LogP contribution >= 0.6 is 24.0 Å². The van der Waals surface area contributed by atoms with Crippen molar-refractivity contribution in [2.24, 2.45) is 4.99 Å². The molecule has 0 unspecified atom stereocenters. The van der Waals surface area contributed by atoms with Gasteiger partial charge in [0.15, 0.2) is 5.96 Å². The smallest absolute Gasteiger partial charge is 0.211 e. The van der Waals surface area contributed by atoms with Crippen molar-refractivity contribution < 1.29 is 13.2 Å². The molecule has 25 heavy (non-hydrogen) atoms. The Hall–Kier alpha value is -0.170. The molecule has 1 heterocycles. The van der Waals surface area contributed by atoms with Crippen LogP contribution < -0.4 is 10.6 Å². The van der Waals surface area contributed by atoms with Gasteiger partial charge in [-0.15, -0.1) is 24.0 Å². The molecule has 150 valence electrons. The minimum absolute atomic E-state index is 0. The number of hydrogen-bond acceptors (Lipinski definition) is 5. The van der Waals surface area contributed by atoms with Crippen LogP contribution in [0, 0.1) is 0 Å². The summed E-state index contributed by atoms with van der Waals surface area (Å²) in [5.41, 5.74) is 0. The third-order valence-electron chi connectivity index (χ3n) is 3.83. The highest BCUT2D eigenvalue weighted by molar-refractivity contribution is 14.0. The van der Waals surface area contributed by atoms with Crippen molar-refractivity contribution in [3.63, 3.8) is 0 Å². The molecule has 0 saturated carbocycles. The van der Waals surface area contributed by atoms with Crippen LogP contribution in [-0.4, -0.2) is 95.4 Å². The van der Waals surface area contributed by atoms with Gasteiger partial charge in [-0.3, -0.25) is 9.89 Å². The molecule has 0 aromatic rings. The molecule has 8 nitrogen and oxygen atoms in total. The van der Waals surface area contributed by atoms with E-state index in [0.29, 0.717) is 26.1 Å². The lowest BCUT2D eigenvalue weighted by molar-refractivity contribution is 0.0389. The number of halogens is 1. The average molecular weight is 491 g/mol. The summed E-state index contributed by atoms with van der Waals surface area (Å²) < 4.78 is 29.9. The zero-order valence-electron chi connectivity index (χ0n) is 15.7. The summed E-state index contributed by atoms with van der Waals surface area (Å²) in [4.78, 5) is 6.88. The first-order valence-corrected chi connectivity index (χ1v) is 10.6. The van der Waals surface area contributed by atoms with E-state index in [-0.39, 0.29) is 24.0 Å². The first-order valence-electron chi connectivity index (χ1n) is 8.74. The fourth-order valence-electron chi connectivity index (χ4n) is 2.50. The summed E-state index contributed by atoms with van der Waals surface area (Å²) in [6, 6.07) is 0. The van der Waals surface area contributed by atoms with Crippen LogP contribution in [0.4, 0.5) is 0 Å². The summed E-state index contributed by atoms with van der Waals surface area (Å²) in [5, 5.41) is 6.54. The molecule has 10 heteroatoms. The zero-order chi connectivity index (χ0) is 17.8. The van der Waals surface area contributed by atoms with Crippen molar-refractivity contribution in [2.75, 3.05) is 71.8 Å². The lowest BCUT2D eigenvalue weighted by Crippen LogP contribution is -2.44. The minimum atomic E-state index is -3.11. The first kappa shape index (κ1) is 24.8. The molecule has 2 N–H and O–H groups in total. The molecular formula is C15H34IN5O3S. The number of aliphatic imine (C=N–C) groups is 1. The molecule has 1 aliphatic rings. The van der Waals surface area contributed by atoms with E-state index >= 15 is 0 Å². The molecule has 0 bridgehead atoms. The Morgan fingerprint density at radius 2 is 1.92 bits per heavy atom. The fraction of sp³-hybridized carbons (Fsp3) is 0.933. The predicted octanol–water partition coefficient (Wildman–Crippen LogP) is 0.163. The number of guanidine groups is 1. The Labute approximate surface area is 169 Å². The molecule has 0 amide bonds. The van der Waals surface area contributed by atoms with Crippen LogP contribution in [-0.2, 0) is 14.8 Å². The summed E-state index contributed by atoms with van der Waals surface area (Å²) in [6.45, 7) is 11.6. The number of morpholine rings is 1. The molecule has 1 rings (SSSR count). The van der Waals surface area contributed by atoms with Crippen LogP contribution in [0.15, 0.2) is 4.99 Å². The van der Waals surface area contributed by atoms with Gasteiger partial charge in [-0.2, -0.15) is 0 Å². The molecule has 0 aliphatic carbocycles. The Morgan fingerprint density at radius 1 is 1.24 bits per heavy atom. The van der Waals surface area contributed by atoms with E-state index < -0.39 is 10.0 Å². The number of nitrogens with zero attached hydrogens (tertiary/aromatic N) is 3. The van der Waals surface area contributed by atoms with Crippen LogP contribution in [0.1, 0.15) is 20.3 Å². The maximum Gasteiger partial charge on any atom is 0.211 e. The van der Waals surface area contributed by atoms with Crippen molar-refractivity contribution in [2.45, 2.75) is 20.3 Å². The van der Waals surface area contributed by atoms with Crippen molar-refractivity contribution >= 4 is 40.0 Å². The van der Waals surface area contributed by atoms with E-state index in [2.05, 4.69) is 20.5 Å². The normalized spacial score (nSPS) is 16.6. The standard InChI is InChI=1S/C15H33N5O3S.HI/c1-4-16-15(18-8-10-19-11-13-23-14-12-19)17-7-6-9-20(5-2)24(3,21)22;/h4-14H2,1-3H3,(H2,16,17,18);1H. The summed E-state index contributed by atoms with van der Waals surface area (Å²) in [7, 11) is -3.11. The zero-order valence-corrected chi connectivity index (χ0v) is 18.8. The van der Waals surface area contributed by atoms with E-state index in [1.54, 1.807) is 0 Å². The van der Waals surface area contributed by atoms with E-state index in [1.807, 2.05) is 13.8 Å². The van der Waals surface area contributed by atoms with Gasteiger partial charge in [0.2, 0.25) is 10.0 Å². The van der Waals surface area contributed by atoms with Gasteiger partial charge in [-0.25, -0.2) is 12.7 Å². The lowest BCUT2D eigenvalue weighted by atomic mass is 10.4. The maximum atomic E-state index is 11.5. The molecule has 0 spiro atoms. The summed E-state index contributed by atoms with van der Waals surface area (Å²) in [5.74, 6) is 0.785. The third kappa shape index (κ3) is 11.2. The predicted molar refractivity (Wildman–Crippen MR) is 113 cm³/mol. The van der Waals surface area contributed by atoms with Crippen LogP contribution in [0.3, 0.4) is 0 Å². The van der Waals surface area contributed by atoms with Gasteiger partial charge in [-0.05, 0) is 13.3 Å².